The lowest BCUT2D eigenvalue weighted by Crippen LogP contribution is -2.56. The van der Waals surface area contributed by atoms with E-state index in [4.69, 9.17) is 43.0 Å². The Labute approximate surface area is 417 Å². The van der Waals surface area contributed by atoms with E-state index in [-0.39, 0.29) is 53.0 Å². The molecule has 4 aromatic carbocycles. The molecule has 0 bridgehead atoms. The van der Waals surface area contributed by atoms with Crippen molar-refractivity contribution in [2.75, 3.05) is 54.9 Å². The second kappa shape index (κ2) is 24.2. The molecule has 4 N–H and O–H groups in total. The number of methoxy groups -OCH3 is 4. The molecule has 0 spiro atoms. The second-order valence-corrected chi connectivity index (χ2v) is 17.7. The van der Waals surface area contributed by atoms with Crippen molar-refractivity contribution in [2.24, 2.45) is 0 Å². The number of rotatable bonds is 11. The number of hydrogen-bond acceptors (Lipinski definition) is 17. The number of carbonyl (C=O) groups is 4. The molecule has 0 fully saturated rings. The van der Waals surface area contributed by atoms with Crippen molar-refractivity contribution in [1.82, 2.24) is 21.3 Å². The van der Waals surface area contributed by atoms with Crippen LogP contribution in [0.1, 0.15) is 113 Å². The lowest BCUT2D eigenvalue weighted by Gasteiger charge is -2.35. The number of hydrogen-bond donors (Lipinski definition) is 4. The monoisotopic (exact) mass is 1010 g/mol. The van der Waals surface area contributed by atoms with Gasteiger partial charge in [0.25, 0.3) is 17.7 Å². The Morgan fingerprint density at radius 1 is 0.611 bits per heavy atom. The van der Waals surface area contributed by atoms with Crippen molar-refractivity contribution in [3.63, 3.8) is 0 Å². The molecule has 0 saturated heterocycles. The first-order chi connectivity index (χ1) is 33.2. The Balaban J connectivity index is 0.000000312. The minimum atomic E-state index is -1.41. The number of carboxylic acid groups (broad SMARTS) is 1. The number of aromatic carboxylic acids is 1. The maximum Gasteiger partial charge on any atom is 0.343 e. The number of nitro benzene ring substituents is 2. The van der Waals surface area contributed by atoms with Crippen molar-refractivity contribution in [3.8, 4) is 46.0 Å². The second-order valence-electron chi connectivity index (χ2n) is 17.7. The van der Waals surface area contributed by atoms with Gasteiger partial charge in [0.2, 0.25) is 11.5 Å². The number of fused-ring (bicyclic) bond motifs is 2. The average molecular weight is 1010 g/mol. The van der Waals surface area contributed by atoms with Crippen LogP contribution < -0.4 is 54.2 Å². The molecule has 0 unspecified atom stereocenters. The number of nitrogens with one attached hydrogen (secondary N) is 3. The summed E-state index contributed by atoms with van der Waals surface area (Å²) in [5, 5.41) is 32.8. The summed E-state index contributed by atoms with van der Waals surface area (Å²) in [4.78, 5) is 71.4. The van der Waals surface area contributed by atoms with Crippen LogP contribution >= 0.6 is 0 Å². The molecule has 0 aromatic heterocycles. The van der Waals surface area contributed by atoms with Gasteiger partial charge < -0.3 is 43.0 Å². The first kappa shape index (κ1) is 58.2. The summed E-state index contributed by atoms with van der Waals surface area (Å²) < 4.78 is 42.6. The van der Waals surface area contributed by atoms with Crippen LogP contribution in [0.4, 0.5) is 11.4 Å². The fourth-order valence-corrected chi connectivity index (χ4v) is 7.17. The van der Waals surface area contributed by atoms with Gasteiger partial charge in [0.15, 0.2) is 23.0 Å². The predicted octanol–water partition coefficient (Wildman–Crippen LogP) is 7.64. The Hall–Kier alpha value is -8.08. The summed E-state index contributed by atoms with van der Waals surface area (Å²) in [6, 6.07) is 9.11. The number of nitrogens with zero attached hydrogens (tertiary/aromatic N) is 3. The van der Waals surface area contributed by atoms with E-state index in [1.165, 1.54) is 34.5 Å². The highest BCUT2D eigenvalue weighted by Gasteiger charge is 2.38. The van der Waals surface area contributed by atoms with Crippen molar-refractivity contribution in [1.29, 1.82) is 0 Å². The molecule has 23 heteroatoms. The number of benzene rings is 4. The zero-order chi connectivity index (χ0) is 53.3. The maximum atomic E-state index is 13.7. The van der Waals surface area contributed by atoms with E-state index in [2.05, 4.69) is 16.3 Å². The van der Waals surface area contributed by atoms with Crippen LogP contribution in [0.5, 0.6) is 46.0 Å². The zero-order valence-electron chi connectivity index (χ0n) is 42.1. The van der Waals surface area contributed by atoms with Crippen LogP contribution in [-0.4, -0.2) is 110 Å². The van der Waals surface area contributed by atoms with Crippen molar-refractivity contribution < 1.29 is 72.0 Å². The van der Waals surface area contributed by atoms with Gasteiger partial charge in [0.1, 0.15) is 49.1 Å². The Morgan fingerprint density at radius 3 is 1.39 bits per heavy atom. The fourth-order valence-electron chi connectivity index (χ4n) is 7.17. The molecule has 2 aliphatic heterocycles. The molecule has 392 valence electrons. The minimum absolute atomic E-state index is 0. The van der Waals surface area contributed by atoms with Crippen molar-refractivity contribution in [2.45, 2.75) is 87.7 Å². The van der Waals surface area contributed by atoms with Gasteiger partial charge in [0.05, 0.1) is 43.8 Å². The summed E-state index contributed by atoms with van der Waals surface area (Å²) in [7, 11) is 5.24. The molecule has 0 saturated carbocycles. The largest absolute Gasteiger partial charge is 0.496 e. The van der Waals surface area contributed by atoms with Crippen LogP contribution in [0.3, 0.4) is 0 Å². The summed E-state index contributed by atoms with van der Waals surface area (Å²) in [5.74, 6) is -0.363. The summed E-state index contributed by atoms with van der Waals surface area (Å²) in [6.45, 7) is 19.5. The molecule has 3 amide bonds. The Kier molecular flexibility index (Phi) is 19.5. The van der Waals surface area contributed by atoms with Gasteiger partial charge in [-0.05, 0) is 93.5 Å². The number of carboxylic acids is 1. The van der Waals surface area contributed by atoms with Crippen LogP contribution in [0.15, 0.2) is 36.4 Å². The van der Waals surface area contributed by atoms with Gasteiger partial charge in [-0.15, -0.1) is 0 Å². The summed E-state index contributed by atoms with van der Waals surface area (Å²) >= 11 is 0. The third-order valence-electron chi connectivity index (χ3n) is 10.6. The average Bonchev–Trinajstić information content (AvgIpc) is 3.31. The fraction of sp³-hybridized carbons (Fsp3) is 0.429. The van der Waals surface area contributed by atoms with Gasteiger partial charge in [-0.3, -0.25) is 45.5 Å². The van der Waals surface area contributed by atoms with Gasteiger partial charge in [-0.25, -0.2) is 15.2 Å². The van der Waals surface area contributed by atoms with E-state index in [9.17, 15) is 39.4 Å². The highest BCUT2D eigenvalue weighted by atomic mass is 16.6. The lowest BCUT2D eigenvalue weighted by atomic mass is 10.0. The highest BCUT2D eigenvalue weighted by Crippen LogP contribution is 2.42. The zero-order valence-corrected chi connectivity index (χ0v) is 42.1. The quantitative estimate of drug-likeness (QED) is 0.0829. The van der Waals surface area contributed by atoms with Crippen LogP contribution in [0.2, 0.25) is 0 Å². The normalized spacial score (nSPS) is 12.1. The van der Waals surface area contributed by atoms with Crippen LogP contribution in [0, 0.1) is 47.9 Å². The maximum absolute atomic E-state index is 13.7. The Morgan fingerprint density at radius 2 is 1.01 bits per heavy atom. The molecule has 2 heterocycles. The van der Waals surface area contributed by atoms with Gasteiger partial charge in [-0.1, -0.05) is 7.43 Å². The topological polar surface area (TPSA) is 288 Å². The third-order valence-corrected chi connectivity index (χ3v) is 10.6. The third kappa shape index (κ3) is 13.2. The summed E-state index contributed by atoms with van der Waals surface area (Å²) in [5.41, 5.74) is 8.25. The first-order valence-electron chi connectivity index (χ1n) is 21.8. The Bertz CT molecular complexity index is 2710. The lowest BCUT2D eigenvalue weighted by molar-refractivity contribution is -0.386. The van der Waals surface area contributed by atoms with E-state index in [1.54, 1.807) is 65.8 Å². The molecule has 4 aromatic rings. The first-order valence-corrected chi connectivity index (χ1v) is 21.8. The molecule has 23 nitrogen and oxygen atoms in total. The van der Waals surface area contributed by atoms with Gasteiger partial charge in [0, 0.05) is 51.1 Å². The number of carbonyl (C=O) groups excluding carboxylic acids is 3. The standard InChI is InChI=1S/C24H29N3O8.C14H20N2O3.C10H11NO6.CH4/c1-13-15(8-9-17-20(13)35-11-10-34-17)22(28)25-26(24(3,4)5)23(29)16-12-18(32-6)14(2)21(33-7)19(16)27(30)31;1-9-10(13(17)15-16-14(2,3)4)5-6-11-12(9)19-8-7-18-11;1-5-7(16-2)4-6(10(12)13)8(11(14)15)9(5)17-3;/h8-9,12H,10-11H2,1-7H3,(H,25,28);5-6,16H,7-8H2,1-4H3,(H,15,17);4H,1-3H3,(H,12,13);1H4. The predicted molar refractivity (Wildman–Crippen MR) is 264 cm³/mol. The van der Waals surface area contributed by atoms with Gasteiger partial charge >= 0.3 is 17.3 Å². The number of nitro groups is 2. The van der Waals surface area contributed by atoms with E-state index >= 15 is 0 Å². The molecule has 0 aliphatic carbocycles. The molecule has 6 rings (SSSR count). The smallest absolute Gasteiger partial charge is 0.343 e. The minimum Gasteiger partial charge on any atom is -0.496 e. The van der Waals surface area contributed by atoms with E-state index in [0.717, 1.165) is 16.6 Å². The van der Waals surface area contributed by atoms with E-state index < -0.39 is 50.1 Å². The van der Waals surface area contributed by atoms with Crippen molar-refractivity contribution in [3.05, 3.63) is 101 Å². The molecular formula is C49H64N6O17. The number of amides is 3. The van der Waals surface area contributed by atoms with E-state index in [1.807, 2.05) is 27.7 Å². The van der Waals surface area contributed by atoms with E-state index in [0.29, 0.717) is 71.7 Å². The molecule has 0 atom stereocenters. The van der Waals surface area contributed by atoms with Crippen LogP contribution in [0.25, 0.3) is 0 Å². The molecular weight excluding hydrogens is 945 g/mol. The number of ether oxygens (including phenoxy) is 8. The molecule has 72 heavy (non-hydrogen) atoms. The highest BCUT2D eigenvalue weighted by molar-refractivity contribution is 6.03. The van der Waals surface area contributed by atoms with Crippen LogP contribution in [-0.2, 0) is 0 Å². The van der Waals surface area contributed by atoms with Crippen molar-refractivity contribution >= 4 is 35.1 Å². The molecule has 2 aliphatic rings. The van der Waals surface area contributed by atoms with Gasteiger partial charge in [-0.2, -0.15) is 0 Å². The molecule has 0 radical (unpaired) electrons. The SMILES string of the molecule is C.COc1cc(C(=O)N(NC(=O)c2ccc3c(c2C)OCCO3)C(C)(C)C)c([N+](=O)[O-])c(OC)c1C.COc1cc(C(=O)O)c([N+](=O)[O-])c(OC)c1C.Cc1c(C(=O)NNC(C)(C)C)ccc2c1OCCO2. The number of hydrazine groups is 2. The summed E-state index contributed by atoms with van der Waals surface area (Å²) in [6.07, 6.45) is 0.